The topological polar surface area (TPSA) is 64.0 Å². The molecule has 0 unspecified atom stereocenters. The van der Waals surface area contributed by atoms with Crippen LogP contribution in [-0.2, 0) is 11.2 Å². The number of aliphatic hydroxyl groups is 2. The minimum atomic E-state index is -0.178. The van der Waals surface area contributed by atoms with Crippen molar-refractivity contribution in [1.82, 2.24) is 4.90 Å². The summed E-state index contributed by atoms with van der Waals surface area (Å²) >= 11 is 0. The van der Waals surface area contributed by atoms with Gasteiger partial charge in [-0.3, -0.25) is 9.69 Å². The SMILES string of the molecule is Cc1cc(/C=C/CCN(CCO)CCO)cc(C)c1N1C[C@@H](Cc2ccccc2F)C[C@@H](C)C1=O.Cl. The van der Waals surface area contributed by atoms with E-state index < -0.39 is 0 Å². The first-order valence-corrected chi connectivity index (χ1v) is 12.6. The second-order valence-corrected chi connectivity index (χ2v) is 9.73. The molecule has 2 atom stereocenters. The number of aryl methyl sites for hydroxylation is 2. The molecule has 2 aromatic rings. The molecule has 1 amide bonds. The van der Waals surface area contributed by atoms with Crippen molar-refractivity contribution >= 4 is 30.1 Å². The van der Waals surface area contributed by atoms with Crippen molar-refractivity contribution in [2.24, 2.45) is 11.8 Å². The molecule has 1 aliphatic heterocycles. The highest BCUT2D eigenvalue weighted by Gasteiger charge is 2.34. The summed E-state index contributed by atoms with van der Waals surface area (Å²) in [5.41, 5.74) is 4.87. The maximum atomic E-state index is 14.2. The van der Waals surface area contributed by atoms with Crippen molar-refractivity contribution in [1.29, 1.82) is 0 Å². The molecule has 0 bridgehead atoms. The Morgan fingerprint density at radius 1 is 1.08 bits per heavy atom. The van der Waals surface area contributed by atoms with Gasteiger partial charge in [0.15, 0.2) is 0 Å². The summed E-state index contributed by atoms with van der Waals surface area (Å²) in [6.45, 7) is 8.71. The maximum absolute atomic E-state index is 14.2. The Morgan fingerprint density at radius 2 is 1.72 bits per heavy atom. The number of anilines is 1. The Balaban J connectivity index is 0.00000456. The molecule has 1 fully saturated rings. The molecule has 2 aromatic carbocycles. The highest BCUT2D eigenvalue weighted by Crippen LogP contribution is 2.34. The van der Waals surface area contributed by atoms with Crippen molar-refractivity contribution < 1.29 is 19.4 Å². The third-order valence-corrected chi connectivity index (χ3v) is 6.82. The van der Waals surface area contributed by atoms with E-state index in [1.54, 1.807) is 6.07 Å². The Kier molecular flexibility index (Phi) is 12.1. The van der Waals surface area contributed by atoms with E-state index >= 15 is 0 Å². The van der Waals surface area contributed by atoms with Gasteiger partial charge in [-0.2, -0.15) is 0 Å². The monoisotopic (exact) mass is 518 g/mol. The minimum Gasteiger partial charge on any atom is -0.395 e. The van der Waals surface area contributed by atoms with E-state index in [2.05, 4.69) is 24.3 Å². The number of hydrogen-bond donors (Lipinski definition) is 2. The van der Waals surface area contributed by atoms with Crippen LogP contribution in [0, 0.1) is 31.5 Å². The molecule has 3 rings (SSSR count). The molecule has 198 valence electrons. The summed E-state index contributed by atoms with van der Waals surface area (Å²) in [5.74, 6) is 0.0681. The summed E-state index contributed by atoms with van der Waals surface area (Å²) in [6, 6.07) is 11.1. The van der Waals surface area contributed by atoms with E-state index in [4.69, 9.17) is 10.2 Å². The van der Waals surface area contributed by atoms with Crippen molar-refractivity contribution in [3.8, 4) is 0 Å². The number of nitrogens with zero attached hydrogens (tertiary/aromatic N) is 2. The van der Waals surface area contributed by atoms with Gasteiger partial charge in [-0.05, 0) is 79.5 Å². The summed E-state index contributed by atoms with van der Waals surface area (Å²) in [4.78, 5) is 17.1. The lowest BCUT2D eigenvalue weighted by Crippen LogP contribution is -2.46. The van der Waals surface area contributed by atoms with E-state index in [0.29, 0.717) is 31.6 Å². The third-order valence-electron chi connectivity index (χ3n) is 6.82. The largest absolute Gasteiger partial charge is 0.395 e. The van der Waals surface area contributed by atoms with E-state index in [1.807, 2.05) is 42.7 Å². The molecule has 1 aliphatic rings. The van der Waals surface area contributed by atoms with Crippen LogP contribution in [-0.4, -0.2) is 60.4 Å². The molecule has 0 saturated carbocycles. The number of rotatable bonds is 11. The average Bonchev–Trinajstić information content (AvgIpc) is 2.81. The van der Waals surface area contributed by atoms with Crippen LogP contribution in [0.3, 0.4) is 0 Å². The molecule has 7 heteroatoms. The van der Waals surface area contributed by atoms with Crippen molar-refractivity contribution in [2.75, 3.05) is 44.3 Å². The zero-order valence-electron chi connectivity index (χ0n) is 21.6. The first-order valence-electron chi connectivity index (χ1n) is 12.6. The lowest BCUT2D eigenvalue weighted by molar-refractivity contribution is -0.124. The van der Waals surface area contributed by atoms with Crippen LogP contribution >= 0.6 is 12.4 Å². The molecular formula is C29H40ClFN2O3. The molecule has 0 radical (unpaired) electrons. The Labute approximate surface area is 221 Å². The first kappa shape index (κ1) is 30.0. The van der Waals surface area contributed by atoms with Crippen LogP contribution in [0.25, 0.3) is 6.08 Å². The lowest BCUT2D eigenvalue weighted by Gasteiger charge is -2.38. The zero-order valence-corrected chi connectivity index (χ0v) is 22.4. The van der Waals surface area contributed by atoms with E-state index in [0.717, 1.165) is 41.8 Å². The van der Waals surface area contributed by atoms with Crippen LogP contribution in [0.2, 0.25) is 0 Å². The highest BCUT2D eigenvalue weighted by atomic mass is 35.5. The molecule has 2 N–H and O–H groups in total. The van der Waals surface area contributed by atoms with Crippen LogP contribution in [0.15, 0.2) is 42.5 Å². The van der Waals surface area contributed by atoms with Gasteiger partial charge in [0.1, 0.15) is 5.82 Å². The smallest absolute Gasteiger partial charge is 0.229 e. The summed E-state index contributed by atoms with van der Waals surface area (Å²) < 4.78 is 14.2. The standard InChI is InChI=1S/C29H39FN2O3.ClH/c1-21-16-24(8-6-7-11-31(12-14-33)13-15-34)17-22(2)28(21)32-20-25(18-23(3)29(32)35)19-26-9-4-5-10-27(26)30;/h4-6,8-10,16-17,23,25,33-34H,7,11-15,18-20H2,1-3H3;1H/b8-6+;/t23-,25-;/m1./s1. The predicted molar refractivity (Wildman–Crippen MR) is 147 cm³/mol. The van der Waals surface area contributed by atoms with Gasteiger partial charge < -0.3 is 15.1 Å². The fourth-order valence-electron chi connectivity index (χ4n) is 5.22. The van der Waals surface area contributed by atoms with Crippen molar-refractivity contribution in [3.63, 3.8) is 0 Å². The lowest BCUT2D eigenvalue weighted by atomic mass is 9.84. The van der Waals surface area contributed by atoms with Gasteiger partial charge in [-0.15, -0.1) is 12.4 Å². The van der Waals surface area contributed by atoms with Gasteiger partial charge in [0.05, 0.1) is 13.2 Å². The second kappa shape index (κ2) is 14.5. The number of hydrogen-bond acceptors (Lipinski definition) is 4. The van der Waals surface area contributed by atoms with E-state index in [9.17, 15) is 9.18 Å². The molecule has 0 aliphatic carbocycles. The zero-order chi connectivity index (χ0) is 25.4. The van der Waals surface area contributed by atoms with Crippen molar-refractivity contribution in [3.05, 3.63) is 70.5 Å². The summed E-state index contributed by atoms with van der Waals surface area (Å²) in [5, 5.41) is 18.3. The average molecular weight is 519 g/mol. The first-order chi connectivity index (χ1) is 16.8. The molecule has 36 heavy (non-hydrogen) atoms. The Hall–Kier alpha value is -2.25. The van der Waals surface area contributed by atoms with Gasteiger partial charge >= 0.3 is 0 Å². The molecule has 0 aromatic heterocycles. The van der Waals surface area contributed by atoms with Crippen molar-refractivity contribution in [2.45, 2.75) is 40.0 Å². The van der Waals surface area contributed by atoms with E-state index in [1.165, 1.54) is 6.07 Å². The number of carbonyl (C=O) groups excluding carboxylic acids is 1. The number of carbonyl (C=O) groups is 1. The molecule has 5 nitrogen and oxygen atoms in total. The number of amides is 1. The fraction of sp³-hybridized carbons (Fsp3) is 0.483. The van der Waals surface area contributed by atoms with Gasteiger partial charge in [0.25, 0.3) is 0 Å². The van der Waals surface area contributed by atoms with Crippen LogP contribution in [0.5, 0.6) is 0 Å². The number of benzene rings is 2. The normalized spacial score (nSPS) is 18.2. The van der Waals surface area contributed by atoms with Gasteiger partial charge in [0.2, 0.25) is 5.91 Å². The predicted octanol–water partition coefficient (Wildman–Crippen LogP) is 4.79. The second-order valence-electron chi connectivity index (χ2n) is 9.73. The van der Waals surface area contributed by atoms with Crippen LogP contribution in [0.4, 0.5) is 10.1 Å². The maximum Gasteiger partial charge on any atom is 0.229 e. The molecule has 1 saturated heterocycles. The number of aliphatic hydroxyl groups excluding tert-OH is 2. The Morgan fingerprint density at radius 3 is 2.33 bits per heavy atom. The number of piperidine rings is 1. The van der Waals surface area contributed by atoms with Crippen LogP contribution < -0.4 is 4.90 Å². The van der Waals surface area contributed by atoms with Gasteiger partial charge in [-0.25, -0.2) is 4.39 Å². The van der Waals surface area contributed by atoms with Gasteiger partial charge in [-0.1, -0.05) is 37.3 Å². The summed E-state index contributed by atoms with van der Waals surface area (Å²) in [6.07, 6.45) is 6.41. The molecular weight excluding hydrogens is 479 g/mol. The van der Waals surface area contributed by atoms with E-state index in [-0.39, 0.29) is 49.2 Å². The molecule has 1 heterocycles. The quantitative estimate of drug-likeness (QED) is 0.449. The Bertz CT molecular complexity index is 1000. The minimum absolute atomic E-state index is 0. The van der Waals surface area contributed by atoms with Gasteiger partial charge in [0, 0.05) is 37.8 Å². The highest BCUT2D eigenvalue weighted by molar-refractivity contribution is 5.97. The number of halogens is 2. The molecule has 0 spiro atoms. The van der Waals surface area contributed by atoms with Crippen LogP contribution in [0.1, 0.15) is 42.0 Å². The summed E-state index contributed by atoms with van der Waals surface area (Å²) in [7, 11) is 0. The fourth-order valence-corrected chi connectivity index (χ4v) is 5.22. The third kappa shape index (κ3) is 7.87.